The number of carbonyl (C=O) groups excluding carboxylic acids is 1. The maximum atomic E-state index is 12.6. The lowest BCUT2D eigenvalue weighted by atomic mass is 9.52. The molecule has 2 saturated heterocycles. The monoisotopic (exact) mass is 1520 g/mol. The Kier molecular flexibility index (Phi) is 26.4. The van der Waals surface area contributed by atoms with E-state index in [0.717, 1.165) is 171 Å². The highest BCUT2D eigenvalue weighted by Crippen LogP contribution is 2.63. The molecule has 105 heavy (non-hydrogen) atoms. The minimum Gasteiger partial charge on any atom is -0.493 e. The number of aromatic nitrogens is 6. The average Bonchev–Trinajstić information content (AvgIpc) is 1.55. The molecule has 0 amide bonds. The van der Waals surface area contributed by atoms with Crippen molar-refractivity contribution >= 4 is 79.0 Å². The molecule has 3 aliphatic carbocycles. The minimum absolute atomic E-state index is 0.0933. The number of piperazine rings is 1. The van der Waals surface area contributed by atoms with Crippen LogP contribution in [0.1, 0.15) is 107 Å². The largest absolute Gasteiger partial charge is 0.493 e. The number of Topliss-reactive ketones (excluding diaryl/α,β-unsaturated/α-hetero) is 1. The third kappa shape index (κ3) is 18.9. The van der Waals surface area contributed by atoms with Crippen LogP contribution in [-0.4, -0.2) is 204 Å². The number of carbonyl (C=O) groups is 2. The molecule has 4 aliphatic heterocycles. The summed E-state index contributed by atoms with van der Waals surface area (Å²) in [4.78, 5) is 56.4. The number of halogens is 3. The molecule has 3 unspecified atom stereocenters. The van der Waals surface area contributed by atoms with E-state index in [0.29, 0.717) is 30.9 Å². The van der Waals surface area contributed by atoms with E-state index in [1.807, 2.05) is 71.5 Å². The minimum atomic E-state index is -0.923. The van der Waals surface area contributed by atoms with E-state index in [9.17, 15) is 9.59 Å². The zero-order valence-corrected chi connectivity index (χ0v) is 64.1. The van der Waals surface area contributed by atoms with Crippen molar-refractivity contribution < 1.29 is 28.9 Å². The summed E-state index contributed by atoms with van der Waals surface area (Å²) in [6.07, 6.45) is 19.8. The Bertz CT molecular complexity index is 4410. The van der Waals surface area contributed by atoms with Gasteiger partial charge in [0.15, 0.2) is 23.4 Å². The molecule has 22 heteroatoms. The number of nitrogens with one attached hydrogen (secondary N) is 1. The number of ketones is 1. The SMILES string of the molecule is Brc1c(NC2=NCCC2)ccc2nccnc12.CN(C)CCC(c1ccc(Cl)cc1)c1ccccn1.CN(C)CCC1=CCc2ccc(Cn3cncn3)cc21.COc1ccc2c3c1O[C@H]1C(=O)CCC4[C@@H](C2)N(C)CC[C@@]341.O=C(O)COCCN1CCN(C(c2ccccc2)c2ccc(Cl)cc2)CC1. The number of amidine groups is 1. The molecule has 6 atom stereocenters. The summed E-state index contributed by atoms with van der Waals surface area (Å²) in [5, 5.41) is 17.7. The van der Waals surface area contributed by atoms with Crippen molar-refractivity contribution in [3.63, 3.8) is 0 Å². The number of anilines is 1. The molecule has 9 aromatic rings. The molecule has 2 bridgehead atoms. The van der Waals surface area contributed by atoms with Crippen molar-refractivity contribution in [2.45, 2.75) is 93.9 Å². The van der Waals surface area contributed by atoms with E-state index >= 15 is 0 Å². The Morgan fingerprint density at radius 2 is 1.54 bits per heavy atom. The lowest BCUT2D eigenvalue weighted by Crippen LogP contribution is -2.65. The molecule has 19 nitrogen and oxygen atoms in total. The number of methoxy groups -OCH3 is 1. The zero-order valence-electron chi connectivity index (χ0n) is 61.0. The number of nitrogens with zero attached hydrogens (tertiary/aromatic N) is 12. The van der Waals surface area contributed by atoms with Gasteiger partial charge in [-0.15, -0.1) is 0 Å². The maximum Gasteiger partial charge on any atom is 0.329 e. The highest BCUT2D eigenvalue weighted by molar-refractivity contribution is 9.10. The number of hydrogen-bond acceptors (Lipinski definition) is 17. The van der Waals surface area contributed by atoms with E-state index in [2.05, 4.69) is 196 Å². The number of allylic oxidation sites excluding steroid dienone is 1. The van der Waals surface area contributed by atoms with Gasteiger partial charge in [-0.25, -0.2) is 14.5 Å². The Balaban J connectivity index is 0.000000124. The second-order valence-corrected chi connectivity index (χ2v) is 30.1. The number of likely N-dealkylation sites (tertiary alicyclic amines) is 1. The van der Waals surface area contributed by atoms with Crippen LogP contribution in [0.5, 0.6) is 11.5 Å². The lowest BCUT2D eigenvalue weighted by molar-refractivity contribution is -0.142. The lowest BCUT2D eigenvalue weighted by Gasteiger charge is -2.57. The number of benzene rings is 6. The fourth-order valence-electron chi connectivity index (χ4n) is 15.8. The topological polar surface area (TPSA) is 192 Å². The zero-order chi connectivity index (χ0) is 73.4. The molecular formula is C83H96BrCl2N13O6. The van der Waals surface area contributed by atoms with Gasteiger partial charge in [0.1, 0.15) is 30.6 Å². The molecule has 16 rings (SSSR count). The number of rotatable bonds is 20. The Labute approximate surface area is 635 Å². The Morgan fingerprint density at radius 1 is 0.810 bits per heavy atom. The van der Waals surface area contributed by atoms with Gasteiger partial charge in [-0.05, 0) is 220 Å². The van der Waals surface area contributed by atoms with Crippen molar-refractivity contribution in [1.82, 2.24) is 54.2 Å². The maximum absolute atomic E-state index is 12.6. The molecule has 2 N–H and O–H groups in total. The summed E-state index contributed by atoms with van der Waals surface area (Å²) in [6, 6.07) is 48.5. The molecular weight excluding hydrogens is 1430 g/mol. The number of aliphatic carboxylic acids is 1. The van der Waals surface area contributed by atoms with Crippen molar-refractivity contribution in [2.75, 3.05) is 120 Å². The van der Waals surface area contributed by atoms with Crippen LogP contribution in [0.4, 0.5) is 5.69 Å². The van der Waals surface area contributed by atoms with Crippen LogP contribution in [0.15, 0.2) is 186 Å². The van der Waals surface area contributed by atoms with Crippen LogP contribution < -0.4 is 14.8 Å². The molecule has 0 radical (unpaired) electrons. The third-order valence-corrected chi connectivity index (χ3v) is 22.4. The highest BCUT2D eigenvalue weighted by atomic mass is 79.9. The van der Waals surface area contributed by atoms with Gasteiger partial charge in [-0.2, -0.15) is 5.10 Å². The first-order valence-corrected chi connectivity index (χ1v) is 38.0. The molecule has 3 fully saturated rings. The molecule has 6 aromatic carbocycles. The van der Waals surface area contributed by atoms with Gasteiger partial charge in [0, 0.05) is 116 Å². The summed E-state index contributed by atoms with van der Waals surface area (Å²) < 4.78 is 19.7. The van der Waals surface area contributed by atoms with Gasteiger partial charge in [-0.3, -0.25) is 34.5 Å². The summed E-state index contributed by atoms with van der Waals surface area (Å²) in [5.41, 5.74) is 15.9. The van der Waals surface area contributed by atoms with Crippen LogP contribution in [0.3, 0.4) is 0 Å². The molecule has 7 heterocycles. The number of pyridine rings is 1. The van der Waals surface area contributed by atoms with Gasteiger partial charge in [0.25, 0.3) is 0 Å². The molecule has 7 aliphatic rings. The first kappa shape index (κ1) is 76.4. The van der Waals surface area contributed by atoms with Crippen LogP contribution in [-0.2, 0) is 39.1 Å². The number of piperidine rings is 1. The van der Waals surface area contributed by atoms with Crippen molar-refractivity contribution in [3.05, 3.63) is 242 Å². The molecule has 550 valence electrons. The number of carboxylic acid groups (broad SMARTS) is 1. The number of likely N-dealkylation sites (N-methyl/N-ethyl adjacent to an activating group) is 1. The van der Waals surface area contributed by atoms with Crippen LogP contribution >= 0.6 is 39.1 Å². The highest BCUT2D eigenvalue weighted by Gasteiger charge is 2.65. The van der Waals surface area contributed by atoms with Gasteiger partial charge in [0.2, 0.25) is 0 Å². The van der Waals surface area contributed by atoms with E-state index in [1.165, 1.54) is 50.1 Å². The Morgan fingerprint density at radius 3 is 2.24 bits per heavy atom. The van der Waals surface area contributed by atoms with E-state index in [1.54, 1.807) is 32.2 Å². The summed E-state index contributed by atoms with van der Waals surface area (Å²) in [5.74, 6) is 2.91. The molecule has 3 aromatic heterocycles. The smallest absolute Gasteiger partial charge is 0.329 e. The van der Waals surface area contributed by atoms with Gasteiger partial charge < -0.3 is 39.3 Å². The average molecular weight is 1520 g/mol. The fraction of sp³-hybridized carbons (Fsp3) is 0.398. The summed E-state index contributed by atoms with van der Waals surface area (Å²) in [6.45, 7) is 9.63. The summed E-state index contributed by atoms with van der Waals surface area (Å²) >= 11 is 15.6. The van der Waals surface area contributed by atoms with E-state index in [4.69, 9.17) is 42.5 Å². The standard InChI is InChI=1S/C21H25ClN2O3.C18H21NO3.C16H19ClN2.C16H20N4.C12H11BrN4/c22-19-8-6-18(7-9-19)21(17-4-2-1-3-5-17)24-12-10-23(11-13-24)14-15-27-16-20(25)26;1-19-8-7-18-11-4-5-13(20)17(18)22-16-14(21-2)6-3-10(15(16)18)9-12(11)19;1-19(2)12-10-15(16-5-3-4-11-18-16)13-6-8-14(17)9-7-13;1-19(2)8-7-15-6-5-14-4-3-13(9-16(14)15)10-20-12-17-11-18-20;13-11-8(17-10-2-1-5-15-10)3-4-9-12(11)16-7-6-14-9/h1-9,21H,10-16H2,(H,25,26);3,6,11-12,17H,4-5,7-9H2,1-2H3;3-9,11,15H,10,12H2,1-2H3;3-4,6,9,11-12H,5,7-8,10H2,1-2H3;3-4,6-7H,1-2,5H2,(H,15,17)/t;11?,12-,17+,18+;;;/m.1.../s1. The van der Waals surface area contributed by atoms with Gasteiger partial charge in [-0.1, -0.05) is 108 Å². The van der Waals surface area contributed by atoms with E-state index < -0.39 is 5.97 Å². The molecule has 1 saturated carbocycles. The predicted molar refractivity (Wildman–Crippen MR) is 421 cm³/mol. The first-order valence-electron chi connectivity index (χ1n) is 36.5. The number of aliphatic imine (C=N–C) groups is 1. The summed E-state index contributed by atoms with van der Waals surface area (Å²) in [7, 11) is 12.3. The third-order valence-electron chi connectivity index (χ3n) is 21.1. The van der Waals surface area contributed by atoms with Crippen LogP contribution in [0, 0.1) is 5.92 Å². The normalized spacial score (nSPS) is 19.7. The van der Waals surface area contributed by atoms with Crippen LogP contribution in [0.2, 0.25) is 10.0 Å². The molecule has 1 spiro atoms. The van der Waals surface area contributed by atoms with Crippen molar-refractivity contribution in [2.24, 2.45) is 10.9 Å². The van der Waals surface area contributed by atoms with Gasteiger partial charge in [0.05, 0.1) is 42.0 Å². The number of carboxylic acids is 1. The van der Waals surface area contributed by atoms with Gasteiger partial charge >= 0.3 is 5.97 Å². The van der Waals surface area contributed by atoms with Crippen molar-refractivity contribution in [3.8, 4) is 11.5 Å². The number of fused-ring (bicyclic) bond motifs is 2. The number of hydrogen-bond donors (Lipinski definition) is 2. The Hall–Kier alpha value is -8.28. The van der Waals surface area contributed by atoms with Crippen LogP contribution in [0.25, 0.3) is 16.6 Å². The first-order chi connectivity index (χ1) is 51.0. The van der Waals surface area contributed by atoms with Crippen molar-refractivity contribution in [1.29, 1.82) is 0 Å². The fourth-order valence-corrected chi connectivity index (χ4v) is 16.6. The van der Waals surface area contributed by atoms with E-state index in [-0.39, 0.29) is 30.0 Å². The second-order valence-electron chi connectivity index (χ2n) is 28.4. The second kappa shape index (κ2) is 36.3. The quantitative estimate of drug-likeness (QED) is 0.0684. The predicted octanol–water partition coefficient (Wildman–Crippen LogP) is 14.1. The number of ether oxygens (including phenoxy) is 3.